The van der Waals surface area contributed by atoms with Crippen molar-refractivity contribution in [3.05, 3.63) is 58.3 Å². The molecule has 0 bridgehead atoms. The predicted molar refractivity (Wildman–Crippen MR) is 105 cm³/mol. The van der Waals surface area contributed by atoms with Crippen molar-refractivity contribution in [2.75, 3.05) is 11.9 Å². The molecule has 1 fully saturated rings. The molecule has 144 valence electrons. The summed E-state index contributed by atoms with van der Waals surface area (Å²) in [5.41, 5.74) is 1.58. The van der Waals surface area contributed by atoms with Crippen molar-refractivity contribution in [1.82, 2.24) is 4.31 Å². The lowest BCUT2D eigenvalue weighted by atomic mass is 10.0. The minimum atomic E-state index is -3.88. The highest BCUT2D eigenvalue weighted by Gasteiger charge is 2.37. The van der Waals surface area contributed by atoms with E-state index in [-0.39, 0.29) is 17.3 Å². The maximum absolute atomic E-state index is 13.1. The van der Waals surface area contributed by atoms with Crippen LogP contribution in [0.1, 0.15) is 24.8 Å². The van der Waals surface area contributed by atoms with Crippen LogP contribution in [0, 0.1) is 12.7 Å². The highest BCUT2D eigenvalue weighted by atomic mass is 79.9. The number of hydrogen-bond donors (Lipinski definition) is 1. The Morgan fingerprint density at radius 1 is 1.19 bits per heavy atom. The van der Waals surface area contributed by atoms with Crippen LogP contribution in [0.5, 0.6) is 0 Å². The third kappa shape index (κ3) is 4.39. The highest BCUT2D eigenvalue weighted by molar-refractivity contribution is 9.10. The molecule has 1 aliphatic heterocycles. The molecule has 1 aliphatic rings. The number of nitrogens with zero attached hydrogens (tertiary/aromatic N) is 1. The largest absolute Gasteiger partial charge is 0.325 e. The molecule has 3 rings (SSSR count). The van der Waals surface area contributed by atoms with Crippen molar-refractivity contribution in [2.24, 2.45) is 0 Å². The van der Waals surface area contributed by atoms with Crippen LogP contribution in [0.25, 0.3) is 0 Å². The Morgan fingerprint density at radius 3 is 2.56 bits per heavy atom. The molecule has 5 nitrogen and oxygen atoms in total. The van der Waals surface area contributed by atoms with Gasteiger partial charge in [-0.3, -0.25) is 4.79 Å². The molecule has 1 N–H and O–H groups in total. The lowest BCUT2D eigenvalue weighted by Gasteiger charge is -2.33. The number of rotatable bonds is 4. The van der Waals surface area contributed by atoms with E-state index in [0.717, 1.165) is 28.6 Å². The van der Waals surface area contributed by atoms with Crippen LogP contribution < -0.4 is 5.32 Å². The predicted octanol–water partition coefficient (Wildman–Crippen LogP) is 4.08. The van der Waals surface area contributed by atoms with Gasteiger partial charge in [0, 0.05) is 16.7 Å². The smallest absolute Gasteiger partial charge is 0.243 e. The minimum absolute atomic E-state index is 0.0110. The first-order valence-electron chi connectivity index (χ1n) is 8.63. The summed E-state index contributed by atoms with van der Waals surface area (Å²) in [7, 11) is -3.88. The van der Waals surface area contributed by atoms with Gasteiger partial charge in [0.15, 0.2) is 0 Å². The quantitative estimate of drug-likeness (QED) is 0.756. The third-order valence-corrected chi connectivity index (χ3v) is 7.41. The maximum Gasteiger partial charge on any atom is 0.243 e. The summed E-state index contributed by atoms with van der Waals surface area (Å²) < 4.78 is 41.3. The standard InChI is InChI=1S/C19H20BrFN2O3S/c1-13-12-15(7-10-17(13)20)22-19(24)18-4-2-3-11-23(18)27(25,26)16-8-5-14(21)6-9-16/h5-10,12,18H,2-4,11H2,1H3,(H,22,24)/t18-/m1/s1. The topological polar surface area (TPSA) is 66.5 Å². The SMILES string of the molecule is Cc1cc(NC(=O)[C@H]2CCCCN2S(=O)(=O)c2ccc(F)cc2)ccc1Br. The van der Waals surface area contributed by atoms with Crippen LogP contribution >= 0.6 is 15.9 Å². The zero-order chi connectivity index (χ0) is 19.6. The van der Waals surface area contributed by atoms with Gasteiger partial charge in [0.25, 0.3) is 0 Å². The average molecular weight is 455 g/mol. The molecule has 1 saturated heterocycles. The van der Waals surface area contributed by atoms with Gasteiger partial charge in [0.2, 0.25) is 15.9 Å². The van der Waals surface area contributed by atoms with Crippen LogP contribution in [0.4, 0.5) is 10.1 Å². The fourth-order valence-corrected chi connectivity index (χ4v) is 5.05. The van der Waals surface area contributed by atoms with E-state index in [4.69, 9.17) is 0 Å². The van der Waals surface area contributed by atoms with Gasteiger partial charge in [-0.1, -0.05) is 22.4 Å². The molecule has 2 aromatic rings. The molecular formula is C19H20BrFN2O3S. The second kappa shape index (κ2) is 8.08. The number of halogens is 2. The van der Waals surface area contributed by atoms with Gasteiger partial charge in [0.05, 0.1) is 4.90 Å². The Labute approximate surface area is 166 Å². The Hall–Kier alpha value is -1.77. The molecule has 1 amide bonds. The normalized spacial score (nSPS) is 18.3. The van der Waals surface area contributed by atoms with Gasteiger partial charge in [-0.05, 0) is 67.8 Å². The zero-order valence-corrected chi connectivity index (χ0v) is 17.2. The minimum Gasteiger partial charge on any atom is -0.325 e. The molecule has 0 aliphatic carbocycles. The number of nitrogens with one attached hydrogen (secondary N) is 1. The fraction of sp³-hybridized carbons (Fsp3) is 0.316. The second-order valence-electron chi connectivity index (χ2n) is 6.53. The Bertz CT molecular complexity index is 948. The molecule has 0 radical (unpaired) electrons. The molecule has 1 atom stereocenters. The maximum atomic E-state index is 13.1. The second-order valence-corrected chi connectivity index (χ2v) is 9.28. The number of hydrogen-bond acceptors (Lipinski definition) is 3. The number of anilines is 1. The zero-order valence-electron chi connectivity index (χ0n) is 14.8. The van der Waals surface area contributed by atoms with Crippen molar-refractivity contribution in [2.45, 2.75) is 37.1 Å². The van der Waals surface area contributed by atoms with Crippen LogP contribution in [-0.2, 0) is 14.8 Å². The van der Waals surface area contributed by atoms with Crippen molar-refractivity contribution >= 4 is 37.5 Å². The van der Waals surface area contributed by atoms with E-state index >= 15 is 0 Å². The van der Waals surface area contributed by atoms with Crippen LogP contribution in [0.2, 0.25) is 0 Å². The first-order chi connectivity index (χ1) is 12.8. The third-order valence-electron chi connectivity index (χ3n) is 4.60. The summed E-state index contributed by atoms with van der Waals surface area (Å²) in [6.07, 6.45) is 1.90. The first-order valence-corrected chi connectivity index (χ1v) is 10.9. The van der Waals surface area contributed by atoms with Gasteiger partial charge in [-0.2, -0.15) is 4.31 Å². The highest BCUT2D eigenvalue weighted by Crippen LogP contribution is 2.27. The molecule has 0 aromatic heterocycles. The van der Waals surface area contributed by atoms with Gasteiger partial charge in [-0.15, -0.1) is 0 Å². The lowest BCUT2D eigenvalue weighted by molar-refractivity contribution is -0.120. The van der Waals surface area contributed by atoms with Gasteiger partial charge in [0.1, 0.15) is 11.9 Å². The lowest BCUT2D eigenvalue weighted by Crippen LogP contribution is -2.49. The van der Waals surface area contributed by atoms with Crippen molar-refractivity contribution in [3.8, 4) is 0 Å². The molecule has 0 unspecified atom stereocenters. The molecule has 0 spiro atoms. The van der Waals surface area contributed by atoms with Gasteiger partial charge in [-0.25, -0.2) is 12.8 Å². The summed E-state index contributed by atoms with van der Waals surface area (Å²) in [5, 5.41) is 2.82. The van der Waals surface area contributed by atoms with E-state index in [2.05, 4.69) is 21.2 Å². The average Bonchev–Trinajstić information content (AvgIpc) is 2.65. The molecular weight excluding hydrogens is 435 g/mol. The summed E-state index contributed by atoms with van der Waals surface area (Å²) >= 11 is 3.41. The summed E-state index contributed by atoms with van der Waals surface area (Å²) in [4.78, 5) is 12.8. The van der Waals surface area contributed by atoms with Crippen molar-refractivity contribution < 1.29 is 17.6 Å². The van der Waals surface area contributed by atoms with Crippen LogP contribution in [0.15, 0.2) is 51.8 Å². The van der Waals surface area contributed by atoms with E-state index in [0.29, 0.717) is 18.5 Å². The van der Waals surface area contributed by atoms with Crippen LogP contribution in [-0.4, -0.2) is 31.2 Å². The number of aryl methyl sites for hydroxylation is 1. The molecule has 1 heterocycles. The number of piperidine rings is 1. The Balaban J connectivity index is 1.85. The summed E-state index contributed by atoms with van der Waals surface area (Å²) in [6, 6.07) is 9.29. The Kier molecular flexibility index (Phi) is 5.98. The fourth-order valence-electron chi connectivity index (χ4n) is 3.14. The van der Waals surface area contributed by atoms with Crippen molar-refractivity contribution in [3.63, 3.8) is 0 Å². The number of carbonyl (C=O) groups is 1. The monoisotopic (exact) mass is 454 g/mol. The number of sulfonamides is 1. The molecule has 27 heavy (non-hydrogen) atoms. The number of amides is 1. The molecule has 8 heteroatoms. The first kappa shape index (κ1) is 20.0. The van der Waals surface area contributed by atoms with Gasteiger partial charge >= 0.3 is 0 Å². The number of carbonyl (C=O) groups excluding carboxylic acids is 1. The molecule has 0 saturated carbocycles. The van der Waals surface area contributed by atoms with E-state index < -0.39 is 21.9 Å². The van der Waals surface area contributed by atoms with E-state index in [1.807, 2.05) is 19.1 Å². The summed E-state index contributed by atoms with van der Waals surface area (Å²) in [6.45, 7) is 2.17. The van der Waals surface area contributed by atoms with Gasteiger partial charge < -0.3 is 5.32 Å². The van der Waals surface area contributed by atoms with Crippen LogP contribution in [0.3, 0.4) is 0 Å². The van der Waals surface area contributed by atoms with E-state index in [9.17, 15) is 17.6 Å². The summed E-state index contributed by atoms with van der Waals surface area (Å²) in [5.74, 6) is -0.866. The van der Waals surface area contributed by atoms with E-state index in [1.54, 1.807) is 6.07 Å². The molecule has 2 aromatic carbocycles. The van der Waals surface area contributed by atoms with E-state index in [1.165, 1.54) is 16.4 Å². The Morgan fingerprint density at radius 2 is 1.89 bits per heavy atom. The van der Waals surface area contributed by atoms with Crippen molar-refractivity contribution in [1.29, 1.82) is 0 Å². The number of benzene rings is 2.